The third-order valence-electron chi connectivity index (χ3n) is 4.38. The normalized spacial score (nSPS) is 14.1. The predicted octanol–water partition coefficient (Wildman–Crippen LogP) is 1.92. The smallest absolute Gasteiger partial charge is 0.276 e. The van der Waals surface area contributed by atoms with Gasteiger partial charge in [0.25, 0.3) is 5.91 Å². The van der Waals surface area contributed by atoms with Gasteiger partial charge in [0.15, 0.2) is 5.69 Å². The molecular weight excluding hydrogens is 348 g/mol. The van der Waals surface area contributed by atoms with Gasteiger partial charge in [-0.2, -0.15) is 0 Å². The fraction of sp³-hybridized carbons (Fsp3) is 0.421. The molecule has 0 atom stereocenters. The summed E-state index contributed by atoms with van der Waals surface area (Å²) in [5, 5.41) is 6.55. The second-order valence-corrected chi connectivity index (χ2v) is 6.34. The van der Waals surface area contributed by atoms with Gasteiger partial charge in [-0.25, -0.2) is 0 Å². The van der Waals surface area contributed by atoms with E-state index in [1.807, 2.05) is 31.2 Å². The minimum Gasteiger partial charge on any atom is -0.378 e. The molecule has 1 aliphatic rings. The van der Waals surface area contributed by atoms with Crippen molar-refractivity contribution in [3.8, 4) is 0 Å². The summed E-state index contributed by atoms with van der Waals surface area (Å²) in [6, 6.07) is 9.24. The molecule has 0 radical (unpaired) electrons. The standard InChI is InChI=1S/C19H24N4O4/c1-3-22(19(25)17-12-14(2)27-21-17)13-18(24)20-15-4-6-16(7-5-15)23-8-10-26-11-9-23/h4-7,12H,3,8-11,13H2,1-2H3,(H,20,24). The Balaban J connectivity index is 1.56. The molecule has 1 fully saturated rings. The molecule has 27 heavy (non-hydrogen) atoms. The molecule has 2 amide bonds. The van der Waals surface area contributed by atoms with E-state index in [0.29, 0.717) is 18.0 Å². The predicted molar refractivity (Wildman–Crippen MR) is 101 cm³/mol. The molecule has 1 saturated heterocycles. The Hall–Kier alpha value is -2.87. The van der Waals surface area contributed by atoms with Crippen LogP contribution in [0.5, 0.6) is 0 Å². The average Bonchev–Trinajstić information content (AvgIpc) is 3.13. The lowest BCUT2D eigenvalue weighted by atomic mass is 10.2. The first-order valence-corrected chi connectivity index (χ1v) is 9.02. The molecule has 0 aliphatic carbocycles. The number of hydrogen-bond donors (Lipinski definition) is 1. The Morgan fingerprint density at radius 2 is 1.93 bits per heavy atom. The minimum absolute atomic E-state index is 0.0492. The number of carbonyl (C=O) groups excluding carboxylic acids is 2. The fourth-order valence-electron chi connectivity index (χ4n) is 2.91. The molecule has 0 bridgehead atoms. The number of aryl methyl sites for hydroxylation is 1. The molecule has 144 valence electrons. The lowest BCUT2D eigenvalue weighted by molar-refractivity contribution is -0.116. The van der Waals surface area contributed by atoms with Gasteiger partial charge in [-0.1, -0.05) is 5.16 Å². The van der Waals surface area contributed by atoms with E-state index in [2.05, 4.69) is 15.4 Å². The van der Waals surface area contributed by atoms with E-state index < -0.39 is 0 Å². The highest BCUT2D eigenvalue weighted by Gasteiger charge is 2.20. The molecule has 0 saturated carbocycles. The quantitative estimate of drug-likeness (QED) is 0.834. The van der Waals surface area contributed by atoms with Crippen molar-refractivity contribution < 1.29 is 18.8 Å². The Morgan fingerprint density at radius 3 is 2.52 bits per heavy atom. The van der Waals surface area contributed by atoms with E-state index in [0.717, 1.165) is 32.0 Å². The lowest BCUT2D eigenvalue weighted by Gasteiger charge is -2.29. The van der Waals surface area contributed by atoms with E-state index in [-0.39, 0.29) is 24.1 Å². The molecule has 1 aromatic heterocycles. The zero-order valence-corrected chi connectivity index (χ0v) is 15.6. The van der Waals surface area contributed by atoms with Gasteiger partial charge in [0, 0.05) is 37.1 Å². The Labute approximate surface area is 158 Å². The molecule has 3 rings (SSSR count). The van der Waals surface area contributed by atoms with E-state index >= 15 is 0 Å². The molecule has 1 N–H and O–H groups in total. The monoisotopic (exact) mass is 372 g/mol. The van der Waals surface area contributed by atoms with Gasteiger partial charge in [-0.05, 0) is 38.1 Å². The van der Waals surface area contributed by atoms with Crippen LogP contribution in [0.3, 0.4) is 0 Å². The van der Waals surface area contributed by atoms with E-state index in [9.17, 15) is 9.59 Å². The Kier molecular flexibility index (Phi) is 6.08. The third kappa shape index (κ3) is 4.85. The van der Waals surface area contributed by atoms with E-state index in [4.69, 9.17) is 9.26 Å². The van der Waals surface area contributed by atoms with Crippen LogP contribution in [0.4, 0.5) is 11.4 Å². The first-order valence-electron chi connectivity index (χ1n) is 9.02. The van der Waals surface area contributed by atoms with Crippen LogP contribution >= 0.6 is 0 Å². The zero-order valence-electron chi connectivity index (χ0n) is 15.6. The second-order valence-electron chi connectivity index (χ2n) is 6.34. The highest BCUT2D eigenvalue weighted by Crippen LogP contribution is 2.19. The van der Waals surface area contributed by atoms with E-state index in [1.54, 1.807) is 13.0 Å². The maximum absolute atomic E-state index is 12.4. The van der Waals surface area contributed by atoms with Crippen LogP contribution in [0.1, 0.15) is 23.2 Å². The number of carbonyl (C=O) groups is 2. The van der Waals surface area contributed by atoms with E-state index in [1.165, 1.54) is 4.90 Å². The number of ether oxygens (including phenoxy) is 1. The van der Waals surface area contributed by atoms with Gasteiger partial charge in [0.05, 0.1) is 13.2 Å². The first kappa shape index (κ1) is 18.9. The summed E-state index contributed by atoms with van der Waals surface area (Å²) in [5.74, 6) is -0.0316. The highest BCUT2D eigenvalue weighted by atomic mass is 16.5. The van der Waals surface area contributed by atoms with Crippen molar-refractivity contribution >= 4 is 23.2 Å². The van der Waals surface area contributed by atoms with Gasteiger partial charge in [0.1, 0.15) is 12.3 Å². The molecule has 8 nitrogen and oxygen atoms in total. The van der Waals surface area contributed by atoms with Crippen molar-refractivity contribution in [3.63, 3.8) is 0 Å². The third-order valence-corrected chi connectivity index (χ3v) is 4.38. The molecule has 2 heterocycles. The Morgan fingerprint density at radius 1 is 1.22 bits per heavy atom. The van der Waals surface area contributed by atoms with Gasteiger partial charge >= 0.3 is 0 Å². The summed E-state index contributed by atoms with van der Waals surface area (Å²) >= 11 is 0. The summed E-state index contributed by atoms with van der Waals surface area (Å²) < 4.78 is 10.3. The minimum atomic E-state index is -0.327. The van der Waals surface area contributed by atoms with Crippen molar-refractivity contribution in [2.24, 2.45) is 0 Å². The summed E-state index contributed by atoms with van der Waals surface area (Å²) in [4.78, 5) is 28.4. The molecule has 0 unspecified atom stereocenters. The van der Waals surface area contributed by atoms with Crippen LogP contribution in [-0.2, 0) is 9.53 Å². The first-order chi connectivity index (χ1) is 13.1. The fourth-order valence-corrected chi connectivity index (χ4v) is 2.91. The number of hydrogen-bond acceptors (Lipinski definition) is 6. The van der Waals surface area contributed by atoms with Crippen molar-refractivity contribution in [2.75, 3.05) is 49.6 Å². The van der Waals surface area contributed by atoms with Gasteiger partial charge in [-0.15, -0.1) is 0 Å². The van der Waals surface area contributed by atoms with Crippen LogP contribution in [0, 0.1) is 6.92 Å². The lowest BCUT2D eigenvalue weighted by Crippen LogP contribution is -2.38. The maximum atomic E-state index is 12.4. The number of aromatic nitrogens is 1. The van der Waals surface area contributed by atoms with Crippen LogP contribution < -0.4 is 10.2 Å². The van der Waals surface area contributed by atoms with Gasteiger partial charge in [0.2, 0.25) is 5.91 Å². The van der Waals surface area contributed by atoms with Crippen molar-refractivity contribution in [2.45, 2.75) is 13.8 Å². The molecule has 1 aliphatic heterocycles. The number of likely N-dealkylation sites (N-methyl/N-ethyl adjacent to an activating group) is 1. The summed E-state index contributed by atoms with van der Waals surface area (Å²) in [6.45, 7) is 7.06. The van der Waals surface area contributed by atoms with Crippen LogP contribution in [0.15, 0.2) is 34.9 Å². The molecule has 1 aromatic carbocycles. The molecule has 8 heteroatoms. The van der Waals surface area contributed by atoms with Crippen LogP contribution in [0.25, 0.3) is 0 Å². The molecule has 2 aromatic rings. The molecule has 0 spiro atoms. The number of nitrogens with zero attached hydrogens (tertiary/aromatic N) is 3. The largest absolute Gasteiger partial charge is 0.378 e. The van der Waals surface area contributed by atoms with Crippen LogP contribution in [-0.4, -0.2) is 61.3 Å². The van der Waals surface area contributed by atoms with Crippen molar-refractivity contribution in [1.29, 1.82) is 0 Å². The van der Waals surface area contributed by atoms with Crippen molar-refractivity contribution in [3.05, 3.63) is 41.8 Å². The van der Waals surface area contributed by atoms with Crippen molar-refractivity contribution in [1.82, 2.24) is 10.1 Å². The SMILES string of the molecule is CCN(CC(=O)Nc1ccc(N2CCOCC2)cc1)C(=O)c1cc(C)on1. The van der Waals surface area contributed by atoms with Crippen LogP contribution in [0.2, 0.25) is 0 Å². The summed E-state index contributed by atoms with van der Waals surface area (Å²) in [6.07, 6.45) is 0. The van der Waals surface area contributed by atoms with Gasteiger partial charge < -0.3 is 24.4 Å². The Bertz CT molecular complexity index is 781. The maximum Gasteiger partial charge on any atom is 0.276 e. The second kappa shape index (κ2) is 8.68. The number of anilines is 2. The molecular formula is C19H24N4O4. The zero-order chi connectivity index (χ0) is 19.2. The summed E-state index contributed by atoms with van der Waals surface area (Å²) in [7, 11) is 0. The number of amides is 2. The number of rotatable bonds is 6. The average molecular weight is 372 g/mol. The topological polar surface area (TPSA) is 87.9 Å². The highest BCUT2D eigenvalue weighted by molar-refractivity contribution is 5.98. The number of morpholine rings is 1. The number of nitrogens with one attached hydrogen (secondary N) is 1. The summed E-state index contributed by atoms with van der Waals surface area (Å²) in [5.41, 5.74) is 2.00. The van der Waals surface area contributed by atoms with Gasteiger partial charge in [-0.3, -0.25) is 9.59 Å². The number of benzene rings is 1.